The Balaban J connectivity index is 1.62. The number of benzene rings is 1. The first-order valence-corrected chi connectivity index (χ1v) is 7.93. The van der Waals surface area contributed by atoms with Crippen LogP contribution in [0.3, 0.4) is 0 Å². The summed E-state index contributed by atoms with van der Waals surface area (Å²) in [6.45, 7) is 4.03. The molecule has 0 fully saturated rings. The zero-order valence-corrected chi connectivity index (χ0v) is 13.5. The molecule has 2 heterocycles. The van der Waals surface area contributed by atoms with Crippen molar-refractivity contribution in [3.63, 3.8) is 0 Å². The van der Waals surface area contributed by atoms with Gasteiger partial charge in [0, 0.05) is 17.9 Å². The number of carbonyl (C=O) groups excluding carboxylic acids is 1. The summed E-state index contributed by atoms with van der Waals surface area (Å²) >= 11 is 0. The average Bonchev–Trinajstić information content (AvgIpc) is 3.00. The van der Waals surface area contributed by atoms with Gasteiger partial charge in [-0.3, -0.25) is 4.79 Å². The first-order chi connectivity index (χ1) is 11.1. The minimum Gasteiger partial charge on any atom is -0.348 e. The van der Waals surface area contributed by atoms with E-state index in [-0.39, 0.29) is 11.9 Å². The summed E-state index contributed by atoms with van der Waals surface area (Å²) in [6.07, 6.45) is 3.65. The van der Waals surface area contributed by atoms with Crippen molar-refractivity contribution in [3.8, 4) is 0 Å². The fraction of sp³-hybridized carbons (Fsp3) is 0.263. The maximum Gasteiger partial charge on any atom is 0.271 e. The number of imidazole rings is 1. The molecule has 3 aromatic rings. The molecule has 1 atom stereocenters. The number of aryl methyl sites for hydroxylation is 2. The first kappa shape index (κ1) is 15.3. The number of nitrogens with one attached hydrogen (secondary N) is 1. The Labute approximate surface area is 136 Å². The van der Waals surface area contributed by atoms with E-state index in [1.807, 2.05) is 54.6 Å². The highest BCUT2D eigenvalue weighted by Crippen LogP contribution is 2.09. The van der Waals surface area contributed by atoms with Crippen LogP contribution in [0.2, 0.25) is 0 Å². The number of fused-ring (bicyclic) bond motifs is 1. The van der Waals surface area contributed by atoms with E-state index in [9.17, 15) is 4.79 Å². The largest absolute Gasteiger partial charge is 0.348 e. The number of nitrogens with zero attached hydrogens (tertiary/aromatic N) is 2. The lowest BCUT2D eigenvalue weighted by atomic mass is 10.1. The van der Waals surface area contributed by atoms with E-state index in [1.54, 1.807) is 6.20 Å². The topological polar surface area (TPSA) is 46.4 Å². The Kier molecular flexibility index (Phi) is 4.42. The van der Waals surface area contributed by atoms with Gasteiger partial charge in [0.2, 0.25) is 0 Å². The van der Waals surface area contributed by atoms with Crippen molar-refractivity contribution in [2.75, 3.05) is 0 Å². The van der Waals surface area contributed by atoms with Gasteiger partial charge in [-0.1, -0.05) is 36.4 Å². The van der Waals surface area contributed by atoms with Crippen LogP contribution in [0, 0.1) is 6.92 Å². The lowest BCUT2D eigenvalue weighted by molar-refractivity contribution is 0.0934. The molecule has 0 radical (unpaired) electrons. The summed E-state index contributed by atoms with van der Waals surface area (Å²) in [5.41, 5.74) is 3.61. The van der Waals surface area contributed by atoms with Gasteiger partial charge in [-0.25, -0.2) is 4.98 Å². The number of pyridine rings is 1. The fourth-order valence-corrected chi connectivity index (χ4v) is 2.66. The third-order valence-corrected chi connectivity index (χ3v) is 4.01. The van der Waals surface area contributed by atoms with Crippen molar-refractivity contribution in [1.82, 2.24) is 14.7 Å². The van der Waals surface area contributed by atoms with Crippen molar-refractivity contribution >= 4 is 11.6 Å². The molecule has 4 heteroatoms. The molecule has 0 aliphatic carbocycles. The summed E-state index contributed by atoms with van der Waals surface area (Å²) in [5.74, 6) is -0.117. The molecule has 0 bridgehead atoms. The van der Waals surface area contributed by atoms with Gasteiger partial charge in [0.05, 0.1) is 0 Å². The number of amides is 1. The normalized spacial score (nSPS) is 12.3. The molecule has 23 heavy (non-hydrogen) atoms. The Hall–Kier alpha value is -2.62. The summed E-state index contributed by atoms with van der Waals surface area (Å²) in [7, 11) is 0. The predicted molar refractivity (Wildman–Crippen MR) is 91.6 cm³/mol. The molecule has 0 aliphatic rings. The number of carbonyl (C=O) groups is 1. The third-order valence-electron chi connectivity index (χ3n) is 4.01. The van der Waals surface area contributed by atoms with Crippen LogP contribution in [-0.2, 0) is 6.42 Å². The Morgan fingerprint density at radius 2 is 1.96 bits per heavy atom. The van der Waals surface area contributed by atoms with Gasteiger partial charge in [-0.05, 0) is 44.4 Å². The van der Waals surface area contributed by atoms with Crippen molar-refractivity contribution in [3.05, 3.63) is 71.7 Å². The third kappa shape index (κ3) is 3.59. The maximum absolute atomic E-state index is 12.4. The van der Waals surface area contributed by atoms with Crippen molar-refractivity contribution in [1.29, 1.82) is 0 Å². The van der Waals surface area contributed by atoms with E-state index in [4.69, 9.17) is 0 Å². The van der Waals surface area contributed by atoms with Crippen LogP contribution >= 0.6 is 0 Å². The molecule has 4 nitrogen and oxygen atoms in total. The van der Waals surface area contributed by atoms with Gasteiger partial charge in [0.25, 0.3) is 5.91 Å². The highest BCUT2D eigenvalue weighted by molar-refractivity contribution is 5.93. The zero-order chi connectivity index (χ0) is 16.2. The van der Waals surface area contributed by atoms with Gasteiger partial charge in [0.15, 0.2) is 0 Å². The molecule has 3 rings (SSSR count). The molecule has 2 aromatic heterocycles. The molecule has 1 N–H and O–H groups in total. The van der Waals surface area contributed by atoms with Crippen LogP contribution < -0.4 is 5.32 Å². The van der Waals surface area contributed by atoms with Gasteiger partial charge in [0.1, 0.15) is 11.3 Å². The Morgan fingerprint density at radius 1 is 1.17 bits per heavy atom. The maximum atomic E-state index is 12.4. The van der Waals surface area contributed by atoms with Crippen molar-refractivity contribution in [2.24, 2.45) is 0 Å². The number of rotatable bonds is 5. The second kappa shape index (κ2) is 6.65. The van der Waals surface area contributed by atoms with E-state index in [1.165, 1.54) is 5.56 Å². The zero-order valence-electron chi connectivity index (χ0n) is 13.5. The van der Waals surface area contributed by atoms with E-state index in [0.29, 0.717) is 5.69 Å². The highest BCUT2D eigenvalue weighted by atomic mass is 16.1. The van der Waals surface area contributed by atoms with Crippen LogP contribution in [0.4, 0.5) is 0 Å². The number of hydrogen-bond acceptors (Lipinski definition) is 2. The molecule has 0 spiro atoms. The van der Waals surface area contributed by atoms with Gasteiger partial charge >= 0.3 is 0 Å². The predicted octanol–water partition coefficient (Wildman–Crippen LogP) is 3.39. The summed E-state index contributed by atoms with van der Waals surface area (Å²) in [5, 5.41) is 3.03. The lowest BCUT2D eigenvalue weighted by Crippen LogP contribution is -2.33. The van der Waals surface area contributed by atoms with Gasteiger partial charge < -0.3 is 9.72 Å². The molecule has 1 aromatic carbocycles. The molecule has 0 saturated heterocycles. The molecular weight excluding hydrogens is 286 g/mol. The minimum atomic E-state index is -0.117. The van der Waals surface area contributed by atoms with E-state index < -0.39 is 0 Å². The molecule has 1 unspecified atom stereocenters. The van der Waals surface area contributed by atoms with Gasteiger partial charge in [-0.2, -0.15) is 0 Å². The number of aromatic nitrogens is 2. The SMILES string of the molecule is Cc1cccc2nc(C(=O)NC(C)CCc3ccccc3)cn12. The van der Waals surface area contributed by atoms with E-state index in [0.717, 1.165) is 24.2 Å². The highest BCUT2D eigenvalue weighted by Gasteiger charge is 2.14. The summed E-state index contributed by atoms with van der Waals surface area (Å²) < 4.78 is 1.93. The fourth-order valence-electron chi connectivity index (χ4n) is 2.66. The summed E-state index contributed by atoms with van der Waals surface area (Å²) in [6, 6.07) is 16.3. The van der Waals surface area contributed by atoms with Gasteiger partial charge in [-0.15, -0.1) is 0 Å². The van der Waals surface area contributed by atoms with Crippen LogP contribution in [0.1, 0.15) is 35.1 Å². The second-order valence-electron chi connectivity index (χ2n) is 5.92. The quantitative estimate of drug-likeness (QED) is 0.785. The van der Waals surface area contributed by atoms with Crippen LogP contribution in [0.5, 0.6) is 0 Å². The molecule has 1 amide bonds. The first-order valence-electron chi connectivity index (χ1n) is 7.93. The van der Waals surface area contributed by atoms with Crippen LogP contribution in [0.15, 0.2) is 54.7 Å². The minimum absolute atomic E-state index is 0.105. The summed E-state index contributed by atoms with van der Waals surface area (Å²) in [4.78, 5) is 16.8. The second-order valence-corrected chi connectivity index (χ2v) is 5.92. The molecule has 0 saturated carbocycles. The molecule has 0 aliphatic heterocycles. The average molecular weight is 307 g/mol. The molecule has 118 valence electrons. The Morgan fingerprint density at radius 3 is 2.70 bits per heavy atom. The standard InChI is InChI=1S/C19H21N3O/c1-14(11-12-16-8-4-3-5-9-16)20-19(23)17-13-22-15(2)7-6-10-18(22)21-17/h3-10,13-14H,11-12H2,1-2H3,(H,20,23). The Bertz CT molecular complexity index is 808. The van der Waals surface area contributed by atoms with E-state index in [2.05, 4.69) is 22.4 Å². The van der Waals surface area contributed by atoms with Crippen LogP contribution in [-0.4, -0.2) is 21.3 Å². The molecular formula is C19H21N3O. The monoisotopic (exact) mass is 307 g/mol. The van der Waals surface area contributed by atoms with Crippen molar-refractivity contribution < 1.29 is 4.79 Å². The smallest absolute Gasteiger partial charge is 0.271 e. The lowest BCUT2D eigenvalue weighted by Gasteiger charge is -2.12. The van der Waals surface area contributed by atoms with Crippen molar-refractivity contribution in [2.45, 2.75) is 32.7 Å². The van der Waals surface area contributed by atoms with Crippen LogP contribution in [0.25, 0.3) is 5.65 Å². The number of hydrogen-bond donors (Lipinski definition) is 1. The van der Waals surface area contributed by atoms with E-state index >= 15 is 0 Å².